The highest BCUT2D eigenvalue weighted by Crippen LogP contribution is 2.41. The quantitative estimate of drug-likeness (QED) is 0.678. The average Bonchev–Trinajstić information content (AvgIpc) is 3.20. The van der Waals surface area contributed by atoms with Crippen molar-refractivity contribution in [2.45, 2.75) is 46.1 Å². The SMILES string of the molecule is CCOC(=O)c1nnn(CCN(CC)CC)c1C1CC1. The second-order valence-electron chi connectivity index (χ2n) is 5.07. The van der Waals surface area contributed by atoms with E-state index in [-0.39, 0.29) is 5.97 Å². The predicted molar refractivity (Wildman–Crippen MR) is 75.7 cm³/mol. The van der Waals surface area contributed by atoms with Crippen molar-refractivity contribution in [3.63, 3.8) is 0 Å². The Morgan fingerprint density at radius 1 is 1.35 bits per heavy atom. The molecule has 20 heavy (non-hydrogen) atoms. The summed E-state index contributed by atoms with van der Waals surface area (Å²) >= 11 is 0. The molecule has 1 aliphatic carbocycles. The van der Waals surface area contributed by atoms with Crippen LogP contribution < -0.4 is 0 Å². The number of carbonyl (C=O) groups is 1. The molecular weight excluding hydrogens is 256 g/mol. The maximum Gasteiger partial charge on any atom is 0.360 e. The molecule has 1 heterocycles. The molecule has 1 saturated carbocycles. The summed E-state index contributed by atoms with van der Waals surface area (Å²) < 4.78 is 6.95. The van der Waals surface area contributed by atoms with Gasteiger partial charge in [0.15, 0.2) is 5.69 Å². The molecule has 0 atom stereocenters. The van der Waals surface area contributed by atoms with Crippen LogP contribution >= 0.6 is 0 Å². The van der Waals surface area contributed by atoms with Gasteiger partial charge in [-0.15, -0.1) is 5.10 Å². The molecule has 6 nitrogen and oxygen atoms in total. The number of aromatic nitrogens is 3. The molecule has 0 radical (unpaired) electrons. The highest BCUT2D eigenvalue weighted by Gasteiger charge is 2.34. The minimum Gasteiger partial charge on any atom is -0.461 e. The summed E-state index contributed by atoms with van der Waals surface area (Å²) in [6.07, 6.45) is 2.23. The highest BCUT2D eigenvalue weighted by molar-refractivity contribution is 5.88. The molecule has 0 amide bonds. The van der Waals surface area contributed by atoms with Gasteiger partial charge in [-0.2, -0.15) is 0 Å². The summed E-state index contributed by atoms with van der Waals surface area (Å²) in [7, 11) is 0. The summed E-state index contributed by atoms with van der Waals surface area (Å²) in [4.78, 5) is 14.2. The Hall–Kier alpha value is -1.43. The molecule has 0 bridgehead atoms. The fourth-order valence-electron chi connectivity index (χ4n) is 2.37. The van der Waals surface area contributed by atoms with Crippen LogP contribution in [0, 0.1) is 0 Å². The summed E-state index contributed by atoms with van der Waals surface area (Å²) in [5, 5.41) is 8.21. The lowest BCUT2D eigenvalue weighted by atomic mass is 10.2. The third-order valence-corrected chi connectivity index (χ3v) is 3.73. The Labute approximate surface area is 120 Å². The van der Waals surface area contributed by atoms with Crippen LogP contribution in [-0.2, 0) is 11.3 Å². The van der Waals surface area contributed by atoms with Gasteiger partial charge in [-0.25, -0.2) is 9.48 Å². The molecular formula is C14H24N4O2. The number of rotatable bonds is 8. The summed E-state index contributed by atoms with van der Waals surface area (Å²) in [6, 6.07) is 0. The lowest BCUT2D eigenvalue weighted by molar-refractivity contribution is 0.0518. The van der Waals surface area contributed by atoms with Crippen molar-refractivity contribution in [1.29, 1.82) is 0 Å². The molecule has 1 fully saturated rings. The normalized spacial score (nSPS) is 14.8. The molecule has 0 saturated heterocycles. The Bertz CT molecular complexity index is 450. The predicted octanol–water partition coefficient (Wildman–Crippen LogP) is 1.67. The van der Waals surface area contributed by atoms with Crippen molar-refractivity contribution in [2.75, 3.05) is 26.2 Å². The molecule has 112 valence electrons. The minimum atomic E-state index is -0.344. The summed E-state index contributed by atoms with van der Waals surface area (Å²) in [5.41, 5.74) is 1.38. The molecule has 0 aromatic carbocycles. The number of hydrogen-bond donors (Lipinski definition) is 0. The largest absolute Gasteiger partial charge is 0.461 e. The van der Waals surface area contributed by atoms with E-state index in [1.165, 1.54) is 0 Å². The van der Waals surface area contributed by atoms with E-state index in [9.17, 15) is 4.79 Å². The van der Waals surface area contributed by atoms with E-state index in [0.717, 1.165) is 44.7 Å². The van der Waals surface area contributed by atoms with Crippen LogP contribution in [0.3, 0.4) is 0 Å². The van der Waals surface area contributed by atoms with E-state index in [1.807, 2.05) is 4.68 Å². The molecule has 0 N–H and O–H groups in total. The second kappa shape index (κ2) is 6.83. The smallest absolute Gasteiger partial charge is 0.360 e. The number of nitrogens with zero attached hydrogens (tertiary/aromatic N) is 4. The first-order chi connectivity index (χ1) is 9.71. The number of esters is 1. The zero-order valence-electron chi connectivity index (χ0n) is 12.6. The topological polar surface area (TPSA) is 60.2 Å². The van der Waals surface area contributed by atoms with Crippen molar-refractivity contribution in [3.05, 3.63) is 11.4 Å². The molecule has 2 rings (SSSR count). The fraction of sp³-hybridized carbons (Fsp3) is 0.786. The van der Waals surface area contributed by atoms with E-state index in [0.29, 0.717) is 18.2 Å². The van der Waals surface area contributed by atoms with Crippen molar-refractivity contribution >= 4 is 5.97 Å². The van der Waals surface area contributed by atoms with E-state index >= 15 is 0 Å². The molecule has 0 aliphatic heterocycles. The zero-order chi connectivity index (χ0) is 14.5. The van der Waals surface area contributed by atoms with Crippen molar-refractivity contribution in [3.8, 4) is 0 Å². The Kier molecular flexibility index (Phi) is 5.11. The van der Waals surface area contributed by atoms with Crippen LogP contribution in [0.2, 0.25) is 0 Å². The van der Waals surface area contributed by atoms with E-state index < -0.39 is 0 Å². The van der Waals surface area contributed by atoms with Crippen LogP contribution in [0.5, 0.6) is 0 Å². The number of likely N-dealkylation sites (N-methyl/N-ethyl adjacent to an activating group) is 1. The van der Waals surface area contributed by atoms with Crippen molar-refractivity contribution in [2.24, 2.45) is 0 Å². The second-order valence-corrected chi connectivity index (χ2v) is 5.07. The highest BCUT2D eigenvalue weighted by atomic mass is 16.5. The van der Waals surface area contributed by atoms with Crippen LogP contribution in [-0.4, -0.2) is 52.1 Å². The Morgan fingerprint density at radius 3 is 2.60 bits per heavy atom. The number of carbonyl (C=O) groups excluding carboxylic acids is 1. The minimum absolute atomic E-state index is 0.344. The van der Waals surface area contributed by atoms with Gasteiger partial charge in [0.1, 0.15) is 0 Å². The van der Waals surface area contributed by atoms with Gasteiger partial charge in [-0.1, -0.05) is 19.1 Å². The molecule has 1 aliphatic rings. The monoisotopic (exact) mass is 280 g/mol. The van der Waals surface area contributed by atoms with Crippen LogP contribution in [0.15, 0.2) is 0 Å². The maximum atomic E-state index is 11.9. The first kappa shape index (κ1) is 15.0. The van der Waals surface area contributed by atoms with Gasteiger partial charge in [0, 0.05) is 12.5 Å². The third kappa shape index (κ3) is 3.36. The summed E-state index contributed by atoms with van der Waals surface area (Å²) in [6.45, 7) is 10.2. The first-order valence-corrected chi connectivity index (χ1v) is 7.54. The number of ether oxygens (including phenoxy) is 1. The van der Waals surface area contributed by atoms with Gasteiger partial charge in [-0.05, 0) is 32.9 Å². The third-order valence-electron chi connectivity index (χ3n) is 3.73. The number of hydrogen-bond acceptors (Lipinski definition) is 5. The van der Waals surface area contributed by atoms with Gasteiger partial charge < -0.3 is 9.64 Å². The molecule has 0 unspecified atom stereocenters. The van der Waals surface area contributed by atoms with Gasteiger partial charge in [0.25, 0.3) is 0 Å². The van der Waals surface area contributed by atoms with Gasteiger partial charge in [-0.3, -0.25) is 0 Å². The van der Waals surface area contributed by atoms with E-state index in [1.54, 1.807) is 6.92 Å². The van der Waals surface area contributed by atoms with Gasteiger partial charge in [0.05, 0.1) is 18.8 Å². The van der Waals surface area contributed by atoms with Gasteiger partial charge >= 0.3 is 5.97 Å². The molecule has 6 heteroatoms. The van der Waals surface area contributed by atoms with Gasteiger partial charge in [0.2, 0.25) is 0 Å². The lowest BCUT2D eigenvalue weighted by Crippen LogP contribution is -2.28. The van der Waals surface area contributed by atoms with Crippen LogP contribution in [0.4, 0.5) is 0 Å². The Balaban J connectivity index is 2.11. The van der Waals surface area contributed by atoms with Crippen LogP contribution in [0.25, 0.3) is 0 Å². The maximum absolute atomic E-state index is 11.9. The van der Waals surface area contributed by atoms with Crippen LogP contribution in [0.1, 0.15) is 55.7 Å². The average molecular weight is 280 g/mol. The molecule has 1 aromatic heterocycles. The molecule has 0 spiro atoms. The fourth-order valence-corrected chi connectivity index (χ4v) is 2.37. The zero-order valence-corrected chi connectivity index (χ0v) is 12.6. The Morgan fingerprint density at radius 2 is 2.05 bits per heavy atom. The van der Waals surface area contributed by atoms with Crippen molar-refractivity contribution in [1.82, 2.24) is 19.9 Å². The van der Waals surface area contributed by atoms with E-state index in [4.69, 9.17) is 4.74 Å². The first-order valence-electron chi connectivity index (χ1n) is 7.54. The standard InChI is InChI=1S/C14H24N4O2/c1-4-17(5-2)9-10-18-13(11-7-8-11)12(15-16-18)14(19)20-6-3/h11H,4-10H2,1-3H3. The van der Waals surface area contributed by atoms with E-state index in [2.05, 4.69) is 29.1 Å². The summed E-state index contributed by atoms with van der Waals surface area (Å²) in [5.74, 6) is 0.0876. The molecule has 1 aromatic rings. The van der Waals surface area contributed by atoms with Crippen molar-refractivity contribution < 1.29 is 9.53 Å². The lowest BCUT2D eigenvalue weighted by Gasteiger charge is -2.18.